The highest BCUT2D eigenvalue weighted by molar-refractivity contribution is 7.13. The summed E-state index contributed by atoms with van der Waals surface area (Å²) >= 11 is 1.45. The molecule has 1 aliphatic heterocycles. The largest absolute Gasteiger partial charge is 0.461 e. The first-order chi connectivity index (χ1) is 10.6. The van der Waals surface area contributed by atoms with Crippen LogP contribution in [0.1, 0.15) is 47.1 Å². The molecule has 0 aliphatic carbocycles. The van der Waals surface area contributed by atoms with E-state index in [1.54, 1.807) is 6.92 Å². The third kappa shape index (κ3) is 4.78. The maximum atomic E-state index is 11.7. The van der Waals surface area contributed by atoms with Gasteiger partial charge in [0.2, 0.25) is 10.9 Å². The van der Waals surface area contributed by atoms with Crippen molar-refractivity contribution in [3.8, 4) is 0 Å². The minimum absolute atomic E-state index is 0.0266. The molecule has 2 rings (SSSR count). The number of nitrogens with zero attached hydrogens (tertiary/aromatic N) is 2. The lowest BCUT2D eigenvalue weighted by atomic mass is 10.1. The number of thiazole rings is 1. The summed E-state index contributed by atoms with van der Waals surface area (Å²) in [6.45, 7) is 7.29. The van der Waals surface area contributed by atoms with Crippen LogP contribution >= 0.6 is 11.3 Å². The fraction of sp³-hybridized carbons (Fsp3) is 0.667. The molecule has 7 heteroatoms. The van der Waals surface area contributed by atoms with Gasteiger partial charge in [-0.1, -0.05) is 0 Å². The standard InChI is InChI=1S/C15H23N3O3S/c1-3-21-15(20)14-17-12-6-9-18(10-13(12)22-14)8-5-4-7-16-11(2)19/h3-10H2,1-2H3,(H,16,19). The Morgan fingerprint density at radius 3 is 2.95 bits per heavy atom. The molecule has 0 unspecified atom stereocenters. The van der Waals surface area contributed by atoms with Crippen LogP contribution < -0.4 is 5.32 Å². The zero-order valence-electron chi connectivity index (χ0n) is 13.2. The van der Waals surface area contributed by atoms with Gasteiger partial charge < -0.3 is 10.1 Å². The van der Waals surface area contributed by atoms with Crippen LogP contribution in [0.5, 0.6) is 0 Å². The minimum Gasteiger partial charge on any atom is -0.461 e. The maximum absolute atomic E-state index is 11.7. The second-order valence-electron chi connectivity index (χ2n) is 5.33. The molecule has 0 saturated heterocycles. The first kappa shape index (κ1) is 16.9. The van der Waals surface area contributed by atoms with Gasteiger partial charge >= 0.3 is 5.97 Å². The number of carbonyl (C=O) groups is 2. The van der Waals surface area contributed by atoms with Crippen LogP contribution in [0.2, 0.25) is 0 Å². The van der Waals surface area contributed by atoms with E-state index in [1.807, 2.05) is 0 Å². The van der Waals surface area contributed by atoms with Crippen molar-refractivity contribution in [1.82, 2.24) is 15.2 Å². The van der Waals surface area contributed by atoms with Crippen LogP contribution in [-0.2, 0) is 22.5 Å². The Kier molecular flexibility index (Phi) is 6.33. The Bertz CT molecular complexity index is 530. The summed E-state index contributed by atoms with van der Waals surface area (Å²) in [6.07, 6.45) is 2.93. The third-order valence-corrected chi connectivity index (χ3v) is 4.60. The molecule has 1 aromatic heterocycles. The summed E-state index contributed by atoms with van der Waals surface area (Å²) in [5.74, 6) is -0.289. The van der Waals surface area contributed by atoms with Crippen molar-refractivity contribution in [2.24, 2.45) is 0 Å². The normalized spacial score (nSPS) is 14.5. The predicted molar refractivity (Wildman–Crippen MR) is 85.0 cm³/mol. The SMILES string of the molecule is CCOC(=O)c1nc2c(s1)CN(CCCCNC(C)=O)CC2. The second kappa shape index (κ2) is 8.24. The van der Waals surface area contributed by atoms with Gasteiger partial charge in [-0.15, -0.1) is 11.3 Å². The van der Waals surface area contributed by atoms with Gasteiger partial charge in [-0.05, 0) is 26.3 Å². The summed E-state index contributed by atoms with van der Waals surface area (Å²) < 4.78 is 5.00. The van der Waals surface area contributed by atoms with Crippen molar-refractivity contribution < 1.29 is 14.3 Å². The average Bonchev–Trinajstić information content (AvgIpc) is 2.90. The summed E-state index contributed by atoms with van der Waals surface area (Å²) in [5.41, 5.74) is 1.04. The van der Waals surface area contributed by atoms with E-state index in [0.29, 0.717) is 11.6 Å². The molecule has 0 fully saturated rings. The highest BCUT2D eigenvalue weighted by atomic mass is 32.1. The van der Waals surface area contributed by atoms with Crippen LogP contribution in [-0.4, -0.2) is 48.0 Å². The van der Waals surface area contributed by atoms with Gasteiger partial charge in [0.25, 0.3) is 0 Å². The van der Waals surface area contributed by atoms with Gasteiger partial charge in [-0.2, -0.15) is 0 Å². The first-order valence-electron chi connectivity index (χ1n) is 7.72. The number of carbonyl (C=O) groups excluding carboxylic acids is 2. The highest BCUT2D eigenvalue weighted by Gasteiger charge is 2.23. The molecular formula is C15H23N3O3S. The molecule has 0 bridgehead atoms. The summed E-state index contributed by atoms with van der Waals surface area (Å²) in [5, 5.41) is 3.28. The number of fused-ring (bicyclic) bond motifs is 1. The van der Waals surface area contributed by atoms with Crippen LogP contribution in [0.3, 0.4) is 0 Å². The van der Waals surface area contributed by atoms with Crippen molar-refractivity contribution in [2.45, 2.75) is 39.7 Å². The molecule has 22 heavy (non-hydrogen) atoms. The highest BCUT2D eigenvalue weighted by Crippen LogP contribution is 2.25. The minimum atomic E-state index is -0.316. The molecule has 2 heterocycles. The van der Waals surface area contributed by atoms with Crippen LogP contribution in [0.25, 0.3) is 0 Å². The zero-order chi connectivity index (χ0) is 15.9. The Balaban J connectivity index is 1.79. The van der Waals surface area contributed by atoms with Crippen molar-refractivity contribution in [3.63, 3.8) is 0 Å². The molecule has 1 N–H and O–H groups in total. The summed E-state index contributed by atoms with van der Waals surface area (Å²) in [7, 11) is 0. The number of rotatable bonds is 7. The summed E-state index contributed by atoms with van der Waals surface area (Å²) in [6, 6.07) is 0. The lowest BCUT2D eigenvalue weighted by Gasteiger charge is -2.25. The molecule has 0 spiro atoms. The molecule has 1 aliphatic rings. The molecule has 0 saturated carbocycles. The van der Waals surface area contributed by atoms with E-state index in [1.165, 1.54) is 23.1 Å². The molecule has 0 atom stereocenters. The van der Waals surface area contributed by atoms with E-state index >= 15 is 0 Å². The van der Waals surface area contributed by atoms with Crippen molar-refractivity contribution in [3.05, 3.63) is 15.6 Å². The van der Waals surface area contributed by atoms with Crippen molar-refractivity contribution in [2.75, 3.05) is 26.2 Å². The Labute approximate surface area is 134 Å². The van der Waals surface area contributed by atoms with Crippen molar-refractivity contribution >= 4 is 23.2 Å². The van der Waals surface area contributed by atoms with Gasteiger partial charge in [0.15, 0.2) is 0 Å². The molecular weight excluding hydrogens is 302 g/mol. The molecule has 0 radical (unpaired) electrons. The van der Waals surface area contributed by atoms with E-state index in [4.69, 9.17) is 4.74 Å². The number of hydrogen-bond acceptors (Lipinski definition) is 6. The number of nitrogens with one attached hydrogen (secondary N) is 1. The predicted octanol–water partition coefficient (Wildman–Crippen LogP) is 1.59. The van der Waals surface area contributed by atoms with Gasteiger partial charge in [-0.25, -0.2) is 9.78 Å². The van der Waals surface area contributed by atoms with Gasteiger partial charge in [0.05, 0.1) is 12.3 Å². The molecule has 1 aromatic rings. The molecule has 6 nitrogen and oxygen atoms in total. The van der Waals surface area contributed by atoms with Crippen LogP contribution in [0.4, 0.5) is 0 Å². The van der Waals surface area contributed by atoms with E-state index in [2.05, 4.69) is 15.2 Å². The number of esters is 1. The number of hydrogen-bond donors (Lipinski definition) is 1. The Morgan fingerprint density at radius 1 is 1.41 bits per heavy atom. The second-order valence-corrected chi connectivity index (χ2v) is 6.41. The first-order valence-corrected chi connectivity index (χ1v) is 8.54. The monoisotopic (exact) mass is 325 g/mol. The number of ether oxygens (including phenoxy) is 1. The summed E-state index contributed by atoms with van der Waals surface area (Å²) in [4.78, 5) is 30.5. The number of aromatic nitrogens is 1. The fourth-order valence-electron chi connectivity index (χ4n) is 2.44. The topological polar surface area (TPSA) is 71.5 Å². The Hall–Kier alpha value is -1.47. The van der Waals surface area contributed by atoms with Gasteiger partial charge in [-0.3, -0.25) is 9.69 Å². The third-order valence-electron chi connectivity index (χ3n) is 3.54. The molecule has 122 valence electrons. The lowest BCUT2D eigenvalue weighted by molar-refractivity contribution is -0.118. The maximum Gasteiger partial charge on any atom is 0.367 e. The van der Waals surface area contributed by atoms with E-state index in [9.17, 15) is 9.59 Å². The number of unbranched alkanes of at least 4 members (excludes halogenated alkanes) is 1. The van der Waals surface area contributed by atoms with Gasteiger partial charge in [0, 0.05) is 37.9 Å². The average molecular weight is 325 g/mol. The molecule has 1 amide bonds. The fourth-order valence-corrected chi connectivity index (χ4v) is 3.49. The van der Waals surface area contributed by atoms with E-state index < -0.39 is 0 Å². The van der Waals surface area contributed by atoms with Crippen LogP contribution in [0, 0.1) is 0 Å². The number of amides is 1. The molecule has 0 aromatic carbocycles. The van der Waals surface area contributed by atoms with Crippen LogP contribution in [0.15, 0.2) is 0 Å². The van der Waals surface area contributed by atoms with Crippen molar-refractivity contribution in [1.29, 1.82) is 0 Å². The smallest absolute Gasteiger partial charge is 0.367 e. The zero-order valence-corrected chi connectivity index (χ0v) is 14.0. The van der Waals surface area contributed by atoms with Gasteiger partial charge in [0.1, 0.15) is 0 Å². The quantitative estimate of drug-likeness (QED) is 0.609. The lowest BCUT2D eigenvalue weighted by Crippen LogP contribution is -2.31. The Morgan fingerprint density at radius 2 is 2.23 bits per heavy atom. The van der Waals surface area contributed by atoms with E-state index in [-0.39, 0.29) is 11.9 Å². The van der Waals surface area contributed by atoms with E-state index in [0.717, 1.165) is 51.1 Å².